The van der Waals surface area contributed by atoms with Gasteiger partial charge in [0.2, 0.25) is 0 Å². The Morgan fingerprint density at radius 2 is 2.00 bits per heavy atom. The summed E-state index contributed by atoms with van der Waals surface area (Å²) in [4.78, 5) is 14.1. The summed E-state index contributed by atoms with van der Waals surface area (Å²) in [7, 11) is 2.00. The number of rotatable bonds is 5. The summed E-state index contributed by atoms with van der Waals surface area (Å²) >= 11 is 11.9. The molecule has 0 amide bonds. The number of carbonyl (C=O) groups is 1. The highest BCUT2D eigenvalue weighted by Gasteiger charge is 2.13. The van der Waals surface area contributed by atoms with Gasteiger partial charge in [-0.2, -0.15) is 0 Å². The molecule has 0 radical (unpaired) electrons. The Hall–Kier alpha value is -0.570. The maximum atomic E-state index is 12.0. The molecule has 94 valence electrons. The second kappa shape index (κ2) is 6.39. The molecule has 0 fully saturated rings. The molecular weight excluding hydrogens is 257 g/mol. The van der Waals surface area contributed by atoms with Gasteiger partial charge in [0, 0.05) is 24.6 Å². The average molecular weight is 274 g/mol. The molecule has 1 rings (SSSR count). The molecule has 0 N–H and O–H groups in total. The largest absolute Gasteiger partial charge is 0.304 e. The number of nitrogens with zero attached hydrogens (tertiary/aromatic N) is 1. The van der Waals surface area contributed by atoms with Crippen LogP contribution >= 0.6 is 23.2 Å². The minimum absolute atomic E-state index is 0.0324. The van der Waals surface area contributed by atoms with E-state index >= 15 is 0 Å². The van der Waals surface area contributed by atoms with Gasteiger partial charge >= 0.3 is 0 Å². The molecule has 0 atom stereocenters. The van der Waals surface area contributed by atoms with E-state index in [1.54, 1.807) is 18.2 Å². The molecule has 0 saturated carbocycles. The van der Waals surface area contributed by atoms with Crippen LogP contribution in [0.5, 0.6) is 0 Å². The molecule has 0 heterocycles. The lowest BCUT2D eigenvalue weighted by Crippen LogP contribution is -2.28. The van der Waals surface area contributed by atoms with Crippen LogP contribution < -0.4 is 0 Å². The van der Waals surface area contributed by atoms with Gasteiger partial charge in [-0.3, -0.25) is 4.79 Å². The lowest BCUT2D eigenvalue weighted by atomic mass is 10.1. The van der Waals surface area contributed by atoms with E-state index in [0.29, 0.717) is 28.1 Å². The van der Waals surface area contributed by atoms with Gasteiger partial charge in [-0.25, -0.2) is 0 Å². The first kappa shape index (κ1) is 14.5. The van der Waals surface area contributed by atoms with Crippen LogP contribution in [0.1, 0.15) is 30.6 Å². The second-order valence-electron chi connectivity index (χ2n) is 4.35. The molecule has 0 bridgehead atoms. The summed E-state index contributed by atoms with van der Waals surface area (Å²) in [5.41, 5.74) is 0.510. The first-order valence-electron chi connectivity index (χ1n) is 5.61. The number of benzene rings is 1. The van der Waals surface area contributed by atoms with E-state index in [2.05, 4.69) is 18.7 Å². The minimum Gasteiger partial charge on any atom is -0.304 e. The Morgan fingerprint density at radius 1 is 1.35 bits per heavy atom. The van der Waals surface area contributed by atoms with Gasteiger partial charge in [0.1, 0.15) is 0 Å². The van der Waals surface area contributed by atoms with Crippen molar-refractivity contribution in [2.45, 2.75) is 26.3 Å². The third-order valence-electron chi connectivity index (χ3n) is 2.83. The zero-order chi connectivity index (χ0) is 13.0. The maximum absolute atomic E-state index is 12.0. The Balaban J connectivity index is 2.68. The summed E-state index contributed by atoms with van der Waals surface area (Å²) in [5, 5.41) is 0.779. The highest BCUT2D eigenvalue weighted by molar-refractivity contribution is 6.43. The van der Waals surface area contributed by atoms with E-state index in [9.17, 15) is 4.79 Å². The number of Topliss-reactive ketones (excluding diaryl/α,β-unsaturated/α-hetero) is 1. The van der Waals surface area contributed by atoms with Gasteiger partial charge < -0.3 is 4.90 Å². The predicted octanol–water partition coefficient (Wildman–Crippen LogP) is 3.91. The van der Waals surface area contributed by atoms with E-state index in [1.807, 2.05) is 7.05 Å². The van der Waals surface area contributed by atoms with Crippen molar-refractivity contribution < 1.29 is 4.79 Å². The third-order valence-corrected chi connectivity index (χ3v) is 3.64. The first-order valence-corrected chi connectivity index (χ1v) is 6.36. The van der Waals surface area contributed by atoms with Gasteiger partial charge in [0.25, 0.3) is 0 Å². The van der Waals surface area contributed by atoms with Crippen LogP contribution in [-0.2, 0) is 0 Å². The van der Waals surface area contributed by atoms with Crippen molar-refractivity contribution in [1.29, 1.82) is 0 Å². The molecule has 1 aromatic rings. The van der Waals surface area contributed by atoms with Gasteiger partial charge in [0.05, 0.1) is 10.0 Å². The highest BCUT2D eigenvalue weighted by Crippen LogP contribution is 2.26. The topological polar surface area (TPSA) is 20.3 Å². The van der Waals surface area contributed by atoms with Crippen LogP contribution in [-0.4, -0.2) is 30.3 Å². The fourth-order valence-corrected chi connectivity index (χ4v) is 1.80. The minimum atomic E-state index is 0.0324. The number of hydrogen-bond acceptors (Lipinski definition) is 2. The Kier molecular flexibility index (Phi) is 5.44. The zero-order valence-electron chi connectivity index (χ0n) is 10.3. The fourth-order valence-electron chi connectivity index (χ4n) is 1.39. The Labute approximate surface area is 113 Å². The highest BCUT2D eigenvalue weighted by atomic mass is 35.5. The van der Waals surface area contributed by atoms with Crippen molar-refractivity contribution in [2.75, 3.05) is 13.6 Å². The van der Waals surface area contributed by atoms with Crippen LogP contribution in [0.4, 0.5) is 0 Å². The molecule has 0 spiro atoms. The third kappa shape index (κ3) is 3.98. The Morgan fingerprint density at radius 3 is 2.59 bits per heavy atom. The van der Waals surface area contributed by atoms with Gasteiger partial charge in [-0.1, -0.05) is 29.3 Å². The van der Waals surface area contributed by atoms with Gasteiger partial charge in [-0.15, -0.1) is 0 Å². The molecule has 0 aromatic heterocycles. The van der Waals surface area contributed by atoms with Gasteiger partial charge in [-0.05, 0) is 33.0 Å². The number of carbonyl (C=O) groups excluding carboxylic acids is 1. The fraction of sp³-hybridized carbons (Fsp3) is 0.462. The van der Waals surface area contributed by atoms with Crippen LogP contribution in [0.15, 0.2) is 18.2 Å². The van der Waals surface area contributed by atoms with Crippen LogP contribution in [0.25, 0.3) is 0 Å². The summed E-state index contributed by atoms with van der Waals surface area (Å²) in [6.07, 6.45) is 0.453. The van der Waals surface area contributed by atoms with E-state index in [-0.39, 0.29) is 5.78 Å². The van der Waals surface area contributed by atoms with Crippen molar-refractivity contribution in [3.05, 3.63) is 33.8 Å². The SMILES string of the molecule is CC(C)N(C)CCC(=O)c1cccc(Cl)c1Cl. The lowest BCUT2D eigenvalue weighted by molar-refractivity contribution is 0.0964. The summed E-state index contributed by atoms with van der Waals surface area (Å²) in [5.74, 6) is 0.0324. The smallest absolute Gasteiger partial charge is 0.165 e. The van der Waals surface area contributed by atoms with Crippen LogP contribution in [0.3, 0.4) is 0 Å². The van der Waals surface area contributed by atoms with E-state index in [1.165, 1.54) is 0 Å². The first-order chi connectivity index (χ1) is 7.93. The van der Waals surface area contributed by atoms with Crippen molar-refractivity contribution in [3.8, 4) is 0 Å². The van der Waals surface area contributed by atoms with Crippen molar-refractivity contribution >= 4 is 29.0 Å². The molecule has 17 heavy (non-hydrogen) atoms. The molecule has 4 heteroatoms. The second-order valence-corrected chi connectivity index (χ2v) is 5.13. The van der Waals surface area contributed by atoms with Gasteiger partial charge in [0.15, 0.2) is 5.78 Å². The molecule has 1 aromatic carbocycles. The Bertz CT molecular complexity index is 404. The summed E-state index contributed by atoms with van der Waals surface area (Å²) in [6.45, 7) is 4.91. The van der Waals surface area contributed by atoms with Crippen LogP contribution in [0.2, 0.25) is 10.0 Å². The average Bonchev–Trinajstić information content (AvgIpc) is 2.29. The molecule has 2 nitrogen and oxygen atoms in total. The lowest BCUT2D eigenvalue weighted by Gasteiger charge is -2.20. The van der Waals surface area contributed by atoms with Crippen molar-refractivity contribution in [3.63, 3.8) is 0 Å². The summed E-state index contributed by atoms with van der Waals surface area (Å²) in [6, 6.07) is 5.57. The summed E-state index contributed by atoms with van der Waals surface area (Å²) < 4.78 is 0. The quantitative estimate of drug-likeness (QED) is 0.759. The van der Waals surface area contributed by atoms with Crippen molar-refractivity contribution in [2.24, 2.45) is 0 Å². The molecule has 0 aliphatic carbocycles. The molecule has 0 aliphatic rings. The van der Waals surface area contributed by atoms with E-state index < -0.39 is 0 Å². The molecule has 0 unspecified atom stereocenters. The standard InChI is InChI=1S/C13H17Cl2NO/c1-9(2)16(3)8-7-12(17)10-5-4-6-11(14)13(10)15/h4-6,9H,7-8H2,1-3H3. The predicted molar refractivity (Wildman–Crippen MR) is 73.2 cm³/mol. The maximum Gasteiger partial charge on any atom is 0.165 e. The number of hydrogen-bond donors (Lipinski definition) is 0. The normalized spacial score (nSPS) is 11.2. The molecule has 0 aliphatic heterocycles. The molecule has 0 saturated heterocycles. The number of ketones is 1. The van der Waals surface area contributed by atoms with Crippen molar-refractivity contribution in [1.82, 2.24) is 4.90 Å². The van der Waals surface area contributed by atoms with E-state index in [4.69, 9.17) is 23.2 Å². The van der Waals surface area contributed by atoms with E-state index in [0.717, 1.165) is 6.54 Å². The molecular formula is C13H17Cl2NO. The van der Waals surface area contributed by atoms with Crippen LogP contribution in [0, 0.1) is 0 Å². The zero-order valence-corrected chi connectivity index (χ0v) is 11.8. The number of halogens is 2. The monoisotopic (exact) mass is 273 g/mol.